The molecule has 0 saturated carbocycles. The molecule has 0 bridgehead atoms. The maximum Gasteiger partial charge on any atom is 0.0629 e. The molecule has 0 nitrogen and oxygen atoms in total. The summed E-state index contributed by atoms with van der Waals surface area (Å²) in [5.74, 6) is 0. The van der Waals surface area contributed by atoms with Crippen molar-refractivity contribution in [2.75, 3.05) is 0 Å². The molecule has 0 unspecified atom stereocenters. The average Bonchev–Trinajstić information content (AvgIpc) is 3.23. The van der Waals surface area contributed by atoms with Crippen LogP contribution in [0.4, 0.5) is 0 Å². The molecule has 52 heavy (non-hydrogen) atoms. The highest BCUT2D eigenvalue weighted by Gasteiger charge is 2.22. The van der Waals surface area contributed by atoms with E-state index in [2.05, 4.69) is 102 Å². The third-order valence-corrected chi connectivity index (χ3v) is 10.6. The minimum atomic E-state index is -0.416. The molecule has 0 heterocycles. The Kier molecular flexibility index (Phi) is 5.61. The second-order valence-corrected chi connectivity index (χ2v) is 16.0. The molecule has 0 spiro atoms. The summed E-state index contributed by atoms with van der Waals surface area (Å²) in [4.78, 5) is 0. The SMILES string of the molecule is [2H]c1c([2H])c([2H])c2c(-c3cc4ccc(-c5ccccc5)cc4c4cc(C(C)(C)C)ccc34)c3c([2H])c([2H])c([2H])c([2H])c3c(-c3ccc4cc(C(C)(C)C)ccc4c3)c2c1[2H]. The third kappa shape index (κ3) is 5.37. The van der Waals surface area contributed by atoms with Gasteiger partial charge in [0.05, 0.1) is 11.0 Å². The van der Waals surface area contributed by atoms with E-state index >= 15 is 0 Å². The summed E-state index contributed by atoms with van der Waals surface area (Å²) in [5.41, 5.74) is 6.03. The first-order valence-electron chi connectivity index (χ1n) is 21.9. The first kappa shape index (κ1) is 24.5. The third-order valence-electron chi connectivity index (χ3n) is 10.6. The first-order valence-corrected chi connectivity index (χ1v) is 17.9. The Balaban J connectivity index is 1.50. The van der Waals surface area contributed by atoms with Crippen LogP contribution >= 0.6 is 0 Å². The van der Waals surface area contributed by atoms with Gasteiger partial charge in [-0.2, -0.15) is 0 Å². The van der Waals surface area contributed by atoms with E-state index in [0.29, 0.717) is 22.3 Å². The van der Waals surface area contributed by atoms with Crippen molar-refractivity contribution in [3.8, 4) is 33.4 Å². The van der Waals surface area contributed by atoms with Gasteiger partial charge in [0.25, 0.3) is 0 Å². The summed E-state index contributed by atoms with van der Waals surface area (Å²) in [7, 11) is 0. The molecule has 9 rings (SSSR count). The summed E-state index contributed by atoms with van der Waals surface area (Å²) >= 11 is 0. The highest BCUT2D eigenvalue weighted by Crippen LogP contribution is 2.47. The largest absolute Gasteiger partial charge is 0.0629 e. The van der Waals surface area contributed by atoms with Crippen molar-refractivity contribution in [3.05, 3.63) is 169 Å². The van der Waals surface area contributed by atoms with E-state index in [9.17, 15) is 5.48 Å². The molecule has 9 aromatic rings. The smallest absolute Gasteiger partial charge is 0.0622 e. The van der Waals surface area contributed by atoms with E-state index < -0.39 is 24.2 Å². The number of benzene rings is 9. The monoisotopic (exact) mass is 676 g/mol. The van der Waals surface area contributed by atoms with E-state index in [1.165, 1.54) is 5.56 Å². The summed E-state index contributed by atoms with van der Waals surface area (Å²) in [6, 6.07) is 34.2. The van der Waals surface area contributed by atoms with Crippen molar-refractivity contribution in [2.45, 2.75) is 52.4 Å². The van der Waals surface area contributed by atoms with E-state index in [1.54, 1.807) is 0 Å². The molecule has 0 aliphatic heterocycles. The Labute approximate surface area is 318 Å². The zero-order valence-corrected chi connectivity index (χ0v) is 30.4. The maximum atomic E-state index is 9.61. The van der Waals surface area contributed by atoms with Crippen LogP contribution < -0.4 is 0 Å². The van der Waals surface area contributed by atoms with E-state index in [0.717, 1.165) is 49.0 Å². The van der Waals surface area contributed by atoms with Gasteiger partial charge in [-0.1, -0.05) is 175 Å². The van der Waals surface area contributed by atoms with Gasteiger partial charge in [0.15, 0.2) is 0 Å². The van der Waals surface area contributed by atoms with Crippen molar-refractivity contribution in [2.24, 2.45) is 0 Å². The van der Waals surface area contributed by atoms with Crippen LogP contribution in [-0.2, 0) is 10.8 Å². The lowest BCUT2D eigenvalue weighted by Crippen LogP contribution is -2.10. The van der Waals surface area contributed by atoms with Crippen LogP contribution in [0.5, 0.6) is 0 Å². The first-order chi connectivity index (χ1) is 28.4. The Hall–Kier alpha value is -5.72. The number of hydrogen-bond acceptors (Lipinski definition) is 0. The van der Waals surface area contributed by atoms with Crippen molar-refractivity contribution in [3.63, 3.8) is 0 Å². The van der Waals surface area contributed by atoms with Crippen molar-refractivity contribution in [1.29, 1.82) is 0 Å². The van der Waals surface area contributed by atoms with Crippen LogP contribution in [0, 0.1) is 0 Å². The summed E-state index contributed by atoms with van der Waals surface area (Å²) in [6.45, 7) is 13.0. The molecule has 0 amide bonds. The Morgan fingerprint density at radius 2 is 0.904 bits per heavy atom. The number of rotatable bonds is 3. The van der Waals surface area contributed by atoms with Crippen molar-refractivity contribution >= 4 is 53.9 Å². The van der Waals surface area contributed by atoms with Gasteiger partial charge in [0.2, 0.25) is 0 Å². The summed E-state index contributed by atoms with van der Waals surface area (Å²) < 4.78 is 74.3. The van der Waals surface area contributed by atoms with Crippen LogP contribution in [0.3, 0.4) is 0 Å². The van der Waals surface area contributed by atoms with Gasteiger partial charge in [0, 0.05) is 0 Å². The zero-order valence-electron chi connectivity index (χ0n) is 38.4. The quantitative estimate of drug-likeness (QED) is 0.129. The fourth-order valence-electron chi connectivity index (χ4n) is 7.68. The molecule has 0 heteroatoms. The van der Waals surface area contributed by atoms with Gasteiger partial charge < -0.3 is 0 Å². The van der Waals surface area contributed by atoms with Crippen LogP contribution in [0.25, 0.3) is 87.2 Å². The van der Waals surface area contributed by atoms with Crippen LogP contribution in [0.2, 0.25) is 0 Å². The molecule has 0 atom stereocenters. The van der Waals surface area contributed by atoms with Crippen LogP contribution in [-0.4, -0.2) is 0 Å². The molecule has 0 aliphatic carbocycles. The number of hydrogen-bond donors (Lipinski definition) is 0. The molecule has 0 radical (unpaired) electrons. The lowest BCUT2D eigenvalue weighted by molar-refractivity contribution is 0.591. The Morgan fingerprint density at radius 1 is 0.365 bits per heavy atom. The van der Waals surface area contributed by atoms with E-state index in [1.807, 2.05) is 48.5 Å². The molecule has 252 valence electrons. The second kappa shape index (κ2) is 11.9. The van der Waals surface area contributed by atoms with Gasteiger partial charge in [-0.05, 0) is 133 Å². The maximum absolute atomic E-state index is 9.61. The summed E-state index contributed by atoms with van der Waals surface area (Å²) in [6.07, 6.45) is 0. The van der Waals surface area contributed by atoms with Gasteiger partial charge in [-0.25, -0.2) is 0 Å². The van der Waals surface area contributed by atoms with Gasteiger partial charge >= 0.3 is 0 Å². The number of fused-ring (bicyclic) bond motifs is 6. The Morgan fingerprint density at radius 3 is 1.56 bits per heavy atom. The predicted molar refractivity (Wildman–Crippen MR) is 228 cm³/mol. The molecule has 0 fully saturated rings. The van der Waals surface area contributed by atoms with Crippen molar-refractivity contribution in [1.82, 2.24) is 0 Å². The molecular weight excluding hydrogens is 625 g/mol. The average molecular weight is 677 g/mol. The lowest BCUT2D eigenvalue weighted by atomic mass is 9.81. The fraction of sp³-hybridized carbons (Fsp3) is 0.154. The molecule has 0 saturated heterocycles. The standard InChI is InChI=1S/C52H44/c1-51(2,3)39-25-24-34-28-38(23-21-35(34)29-39)49-42-16-10-12-18-44(42)50(45-19-13-11-17-43(45)49)48-31-37-22-20-36(33-14-8-7-9-15-33)30-46(37)47-32-40(52(4,5)6)26-27-41(47)48/h7-32H,1-6H3/i10D,11D,12D,13D,16D,17D,18D,19D. The van der Waals surface area contributed by atoms with Crippen LogP contribution in [0.1, 0.15) is 63.6 Å². The van der Waals surface area contributed by atoms with E-state index in [-0.39, 0.29) is 56.5 Å². The van der Waals surface area contributed by atoms with Gasteiger partial charge in [-0.3, -0.25) is 0 Å². The predicted octanol–water partition coefficient (Wildman–Crippen LogP) is 15.0. The van der Waals surface area contributed by atoms with Gasteiger partial charge in [0.1, 0.15) is 0 Å². The minimum Gasteiger partial charge on any atom is -0.0622 e. The van der Waals surface area contributed by atoms with Crippen molar-refractivity contribution < 1.29 is 11.0 Å². The minimum absolute atomic E-state index is 0.0766. The lowest BCUT2D eigenvalue weighted by Gasteiger charge is -2.23. The summed E-state index contributed by atoms with van der Waals surface area (Å²) in [5, 5.41) is 6.35. The Bertz CT molecular complexity index is 3220. The molecule has 9 aromatic carbocycles. The zero-order chi connectivity index (χ0) is 42.7. The highest BCUT2D eigenvalue weighted by atomic mass is 14.2. The molecule has 0 N–H and O–H groups in total. The molecule has 0 aliphatic rings. The van der Waals surface area contributed by atoms with Gasteiger partial charge in [-0.15, -0.1) is 0 Å². The highest BCUT2D eigenvalue weighted by molar-refractivity contribution is 6.26. The second-order valence-electron chi connectivity index (χ2n) is 16.0. The van der Waals surface area contributed by atoms with E-state index in [4.69, 9.17) is 5.48 Å². The molecular formula is C52H44. The molecule has 0 aromatic heterocycles. The normalized spacial score (nSPS) is 14.6. The topological polar surface area (TPSA) is 0 Å². The van der Waals surface area contributed by atoms with Crippen LogP contribution in [0.15, 0.2) is 158 Å². The fourth-order valence-corrected chi connectivity index (χ4v) is 7.68.